The highest BCUT2D eigenvalue weighted by molar-refractivity contribution is 6.02. The normalized spacial score (nSPS) is 9.93. The Bertz CT molecular complexity index is 459. The summed E-state index contributed by atoms with van der Waals surface area (Å²) in [5, 5.41) is 2.74. The number of aryl methyl sites for hydroxylation is 1. The Balaban J connectivity index is 2.11. The molecule has 0 radical (unpaired) electrons. The molecule has 2 rings (SSSR count). The fraction of sp³-hybridized carbons (Fsp3) is 0.0833. The second-order valence-corrected chi connectivity index (χ2v) is 3.23. The predicted molar refractivity (Wildman–Crippen MR) is 57.8 cm³/mol. The van der Waals surface area contributed by atoms with Gasteiger partial charge in [0.2, 0.25) is 0 Å². The third-order valence-electron chi connectivity index (χ3n) is 2.00. The Morgan fingerprint density at radius 3 is 2.47 bits per heavy atom. The summed E-state index contributed by atoms with van der Waals surface area (Å²) in [6.45, 7) is 1.80. The van der Waals surface area contributed by atoms with Crippen LogP contribution in [0.25, 0.3) is 0 Å². The third kappa shape index (κ3) is 2.26. The first-order chi connectivity index (χ1) is 7.25. The fourth-order valence-corrected chi connectivity index (χ4v) is 1.27. The summed E-state index contributed by atoms with van der Waals surface area (Å²) in [7, 11) is 0. The van der Waals surface area contributed by atoms with Crippen molar-refractivity contribution in [2.45, 2.75) is 6.92 Å². The fourth-order valence-electron chi connectivity index (χ4n) is 1.27. The summed E-state index contributed by atoms with van der Waals surface area (Å²) < 4.78 is 5.21. The topological polar surface area (TPSA) is 42.2 Å². The lowest BCUT2D eigenvalue weighted by atomic mass is 10.3. The van der Waals surface area contributed by atoms with Crippen molar-refractivity contribution in [3.63, 3.8) is 0 Å². The van der Waals surface area contributed by atoms with Gasteiger partial charge in [-0.2, -0.15) is 0 Å². The Labute approximate surface area is 87.7 Å². The molecule has 0 atom stereocenters. The van der Waals surface area contributed by atoms with Crippen LogP contribution in [0.1, 0.15) is 16.3 Å². The summed E-state index contributed by atoms with van der Waals surface area (Å²) in [6, 6.07) is 12.7. The number of hydrogen-bond acceptors (Lipinski definition) is 2. The highest BCUT2D eigenvalue weighted by Gasteiger charge is 2.09. The number of anilines is 1. The molecule has 0 aliphatic rings. The van der Waals surface area contributed by atoms with Crippen molar-refractivity contribution < 1.29 is 9.21 Å². The van der Waals surface area contributed by atoms with Crippen molar-refractivity contribution in [1.82, 2.24) is 0 Å². The van der Waals surface area contributed by atoms with Gasteiger partial charge in [-0.3, -0.25) is 4.79 Å². The standard InChI is InChI=1S/C12H11NO2/c1-9-7-8-11(15-9)12(14)13-10-5-3-2-4-6-10/h2-8H,1H3,(H,13,14). The largest absolute Gasteiger partial charge is 0.456 e. The first-order valence-electron chi connectivity index (χ1n) is 4.68. The molecule has 0 aliphatic heterocycles. The summed E-state index contributed by atoms with van der Waals surface area (Å²) in [6.07, 6.45) is 0. The molecule has 1 heterocycles. The minimum absolute atomic E-state index is 0.227. The SMILES string of the molecule is Cc1ccc(C(=O)Nc2ccccc2)o1. The molecular formula is C12H11NO2. The van der Waals surface area contributed by atoms with E-state index in [0.717, 1.165) is 11.4 Å². The van der Waals surface area contributed by atoms with E-state index >= 15 is 0 Å². The summed E-state index contributed by atoms with van der Waals surface area (Å²) in [5.74, 6) is 0.832. The maximum absolute atomic E-state index is 11.6. The number of furan rings is 1. The Morgan fingerprint density at radius 1 is 1.13 bits per heavy atom. The molecular weight excluding hydrogens is 190 g/mol. The molecule has 0 unspecified atom stereocenters. The van der Waals surface area contributed by atoms with E-state index in [0.29, 0.717) is 5.76 Å². The Morgan fingerprint density at radius 2 is 1.87 bits per heavy atom. The van der Waals surface area contributed by atoms with Crippen LogP contribution in [0.5, 0.6) is 0 Å². The number of carbonyl (C=O) groups is 1. The summed E-state index contributed by atoms with van der Waals surface area (Å²) in [5.41, 5.74) is 0.761. The van der Waals surface area contributed by atoms with Gasteiger partial charge in [0, 0.05) is 5.69 Å². The summed E-state index contributed by atoms with van der Waals surface area (Å²) in [4.78, 5) is 11.6. The van der Waals surface area contributed by atoms with E-state index in [2.05, 4.69) is 5.32 Å². The van der Waals surface area contributed by atoms with Gasteiger partial charge >= 0.3 is 0 Å². The van der Waals surface area contributed by atoms with E-state index in [9.17, 15) is 4.79 Å². The number of hydrogen-bond donors (Lipinski definition) is 1. The van der Waals surface area contributed by atoms with Crippen molar-refractivity contribution in [1.29, 1.82) is 0 Å². The van der Waals surface area contributed by atoms with Crippen molar-refractivity contribution in [3.8, 4) is 0 Å². The maximum Gasteiger partial charge on any atom is 0.291 e. The van der Waals surface area contributed by atoms with E-state index in [1.165, 1.54) is 0 Å². The van der Waals surface area contributed by atoms with Crippen LogP contribution in [-0.2, 0) is 0 Å². The highest BCUT2D eigenvalue weighted by Crippen LogP contribution is 2.10. The molecule has 0 spiro atoms. The highest BCUT2D eigenvalue weighted by atomic mass is 16.3. The van der Waals surface area contributed by atoms with E-state index in [-0.39, 0.29) is 5.91 Å². The summed E-state index contributed by atoms with van der Waals surface area (Å²) >= 11 is 0. The second-order valence-electron chi connectivity index (χ2n) is 3.23. The molecule has 1 N–H and O–H groups in total. The Hall–Kier alpha value is -2.03. The van der Waals surface area contributed by atoms with Crippen LogP contribution < -0.4 is 5.32 Å². The molecule has 3 nitrogen and oxygen atoms in total. The van der Waals surface area contributed by atoms with Gasteiger partial charge in [-0.15, -0.1) is 0 Å². The van der Waals surface area contributed by atoms with E-state index < -0.39 is 0 Å². The number of carbonyl (C=O) groups excluding carboxylic acids is 1. The van der Waals surface area contributed by atoms with Gasteiger partial charge in [0.25, 0.3) is 5.91 Å². The van der Waals surface area contributed by atoms with Crippen LogP contribution in [0.15, 0.2) is 46.9 Å². The Kier molecular flexibility index (Phi) is 2.54. The van der Waals surface area contributed by atoms with E-state index in [1.807, 2.05) is 30.3 Å². The lowest BCUT2D eigenvalue weighted by Gasteiger charge is -2.01. The molecule has 1 aromatic carbocycles. The number of amides is 1. The molecule has 0 saturated heterocycles. The number of rotatable bonds is 2. The molecule has 3 heteroatoms. The minimum atomic E-state index is -0.227. The zero-order valence-corrected chi connectivity index (χ0v) is 8.36. The number of nitrogens with one attached hydrogen (secondary N) is 1. The van der Waals surface area contributed by atoms with Crippen LogP contribution in [0.2, 0.25) is 0 Å². The molecule has 76 valence electrons. The molecule has 0 aliphatic carbocycles. The maximum atomic E-state index is 11.6. The van der Waals surface area contributed by atoms with E-state index in [4.69, 9.17) is 4.42 Å². The zero-order valence-electron chi connectivity index (χ0n) is 8.36. The van der Waals surface area contributed by atoms with Crippen LogP contribution >= 0.6 is 0 Å². The van der Waals surface area contributed by atoms with Gasteiger partial charge in [-0.1, -0.05) is 18.2 Å². The van der Waals surface area contributed by atoms with Crippen LogP contribution in [0.3, 0.4) is 0 Å². The average molecular weight is 201 g/mol. The minimum Gasteiger partial charge on any atom is -0.456 e. The predicted octanol–water partition coefficient (Wildman–Crippen LogP) is 2.84. The average Bonchev–Trinajstić information content (AvgIpc) is 2.66. The number of benzene rings is 1. The first-order valence-corrected chi connectivity index (χ1v) is 4.68. The lowest BCUT2D eigenvalue weighted by Crippen LogP contribution is -2.10. The van der Waals surface area contributed by atoms with Crippen molar-refractivity contribution in [3.05, 3.63) is 54.0 Å². The van der Waals surface area contributed by atoms with Crippen molar-refractivity contribution >= 4 is 11.6 Å². The molecule has 1 amide bonds. The van der Waals surface area contributed by atoms with Gasteiger partial charge < -0.3 is 9.73 Å². The zero-order chi connectivity index (χ0) is 10.7. The molecule has 0 saturated carbocycles. The molecule has 0 bridgehead atoms. The van der Waals surface area contributed by atoms with Gasteiger partial charge in [0.1, 0.15) is 5.76 Å². The van der Waals surface area contributed by atoms with Crippen LogP contribution in [0, 0.1) is 6.92 Å². The van der Waals surface area contributed by atoms with Crippen LogP contribution in [0.4, 0.5) is 5.69 Å². The number of para-hydroxylation sites is 1. The van der Waals surface area contributed by atoms with E-state index in [1.54, 1.807) is 19.1 Å². The van der Waals surface area contributed by atoms with Gasteiger partial charge in [-0.25, -0.2) is 0 Å². The van der Waals surface area contributed by atoms with Gasteiger partial charge in [-0.05, 0) is 31.2 Å². The first kappa shape index (κ1) is 9.52. The van der Waals surface area contributed by atoms with Gasteiger partial charge in [0.05, 0.1) is 0 Å². The van der Waals surface area contributed by atoms with Crippen molar-refractivity contribution in [2.75, 3.05) is 5.32 Å². The lowest BCUT2D eigenvalue weighted by molar-refractivity contribution is 0.0995. The molecule has 0 fully saturated rings. The smallest absolute Gasteiger partial charge is 0.291 e. The second kappa shape index (κ2) is 4.00. The molecule has 2 aromatic rings. The van der Waals surface area contributed by atoms with Crippen molar-refractivity contribution in [2.24, 2.45) is 0 Å². The quantitative estimate of drug-likeness (QED) is 0.811. The molecule has 15 heavy (non-hydrogen) atoms. The monoisotopic (exact) mass is 201 g/mol. The van der Waals surface area contributed by atoms with Gasteiger partial charge in [0.15, 0.2) is 5.76 Å². The third-order valence-corrected chi connectivity index (χ3v) is 2.00. The molecule has 1 aromatic heterocycles. The van der Waals surface area contributed by atoms with Crippen LogP contribution in [-0.4, -0.2) is 5.91 Å².